The summed E-state index contributed by atoms with van der Waals surface area (Å²) in [6.45, 7) is 2.03. The number of carbonyl (C=O) groups excluding carboxylic acids is 1. The van der Waals surface area contributed by atoms with Crippen LogP contribution in [0.1, 0.15) is 46.9 Å². The third-order valence-electron chi connectivity index (χ3n) is 4.81. The summed E-state index contributed by atoms with van der Waals surface area (Å²) in [6, 6.07) is 9.58. The van der Waals surface area contributed by atoms with Gasteiger partial charge in [-0.25, -0.2) is 13.1 Å². The second kappa shape index (κ2) is 5.98. The highest BCUT2D eigenvalue weighted by Gasteiger charge is 2.32. The van der Waals surface area contributed by atoms with Crippen molar-refractivity contribution in [2.45, 2.75) is 38.1 Å². The average molecular weight is 359 g/mol. The van der Waals surface area contributed by atoms with E-state index in [9.17, 15) is 13.2 Å². The Hall–Kier alpha value is -2.15. The van der Waals surface area contributed by atoms with Crippen molar-refractivity contribution in [3.05, 3.63) is 47.3 Å². The van der Waals surface area contributed by atoms with Crippen molar-refractivity contribution in [3.8, 4) is 5.69 Å². The number of hydrogen-bond donors (Lipinski definition) is 1. The van der Waals surface area contributed by atoms with E-state index in [1.54, 1.807) is 0 Å². The van der Waals surface area contributed by atoms with E-state index < -0.39 is 9.84 Å². The first-order valence-corrected chi connectivity index (χ1v) is 10.4. The largest absolute Gasteiger partial charge is 0.347 e. The number of sulfone groups is 1. The van der Waals surface area contributed by atoms with Crippen molar-refractivity contribution < 1.29 is 13.2 Å². The fourth-order valence-corrected chi connectivity index (χ4v) is 4.91. The quantitative estimate of drug-likeness (QED) is 0.905. The topological polar surface area (TPSA) is 81.1 Å². The lowest BCUT2D eigenvalue weighted by Gasteiger charge is -2.09. The Morgan fingerprint density at radius 1 is 1.20 bits per heavy atom. The first-order valence-electron chi connectivity index (χ1n) is 8.59. The molecule has 1 aromatic heterocycles. The average Bonchev–Trinajstić information content (AvgIpc) is 3.22. The molecule has 1 N–H and O–H groups in total. The molecule has 2 aliphatic rings. The highest BCUT2D eigenvalue weighted by molar-refractivity contribution is 7.91. The Balaban J connectivity index is 1.59. The molecule has 4 rings (SSSR count). The van der Waals surface area contributed by atoms with E-state index >= 15 is 0 Å². The van der Waals surface area contributed by atoms with Crippen LogP contribution >= 0.6 is 0 Å². The van der Waals surface area contributed by atoms with Crippen LogP contribution in [0.2, 0.25) is 0 Å². The Labute approximate surface area is 147 Å². The summed E-state index contributed by atoms with van der Waals surface area (Å²) in [5.74, 6) is 0.313. The fourth-order valence-electron chi connectivity index (χ4n) is 3.24. The number of aryl methyl sites for hydroxylation is 1. The number of nitrogens with one attached hydrogen (secondary N) is 1. The summed E-state index contributed by atoms with van der Waals surface area (Å²) in [4.78, 5) is 12.5. The third kappa shape index (κ3) is 3.46. The minimum Gasteiger partial charge on any atom is -0.347 e. The van der Waals surface area contributed by atoms with E-state index in [1.807, 2.05) is 41.9 Å². The van der Waals surface area contributed by atoms with Crippen LogP contribution in [-0.2, 0) is 9.84 Å². The Morgan fingerprint density at radius 3 is 2.52 bits per heavy atom. The third-order valence-corrected chi connectivity index (χ3v) is 6.58. The fraction of sp³-hybridized carbons (Fsp3) is 0.444. The summed E-state index contributed by atoms with van der Waals surface area (Å²) in [5, 5.41) is 7.32. The molecule has 1 aliphatic carbocycles. The normalized spacial score (nSPS) is 22.0. The molecule has 1 saturated heterocycles. The van der Waals surface area contributed by atoms with Crippen LogP contribution in [0.4, 0.5) is 0 Å². The molecule has 1 aliphatic heterocycles. The van der Waals surface area contributed by atoms with Crippen LogP contribution in [0.3, 0.4) is 0 Å². The van der Waals surface area contributed by atoms with Crippen molar-refractivity contribution in [1.82, 2.24) is 15.1 Å². The van der Waals surface area contributed by atoms with Gasteiger partial charge >= 0.3 is 0 Å². The zero-order valence-corrected chi connectivity index (χ0v) is 14.9. The van der Waals surface area contributed by atoms with Gasteiger partial charge in [0.1, 0.15) is 0 Å². The second-order valence-corrected chi connectivity index (χ2v) is 9.28. The minimum absolute atomic E-state index is 0.0207. The predicted molar refractivity (Wildman–Crippen MR) is 94.8 cm³/mol. The number of rotatable bonds is 4. The molecule has 1 unspecified atom stereocenters. The number of nitrogens with zero attached hydrogens (tertiary/aromatic N) is 2. The molecule has 0 radical (unpaired) electrons. The lowest BCUT2D eigenvalue weighted by atomic mass is 10.2. The molecular formula is C18H21N3O3S. The van der Waals surface area contributed by atoms with Gasteiger partial charge in [0.15, 0.2) is 15.5 Å². The maximum Gasteiger partial charge on any atom is 0.272 e. The molecule has 2 fully saturated rings. The number of amides is 1. The van der Waals surface area contributed by atoms with Crippen LogP contribution in [0.25, 0.3) is 5.69 Å². The molecule has 25 heavy (non-hydrogen) atoms. The van der Waals surface area contributed by atoms with E-state index in [1.165, 1.54) is 5.56 Å². The van der Waals surface area contributed by atoms with Gasteiger partial charge in [-0.1, -0.05) is 17.7 Å². The van der Waals surface area contributed by atoms with E-state index in [2.05, 4.69) is 10.4 Å². The lowest BCUT2D eigenvalue weighted by Crippen LogP contribution is -2.35. The van der Waals surface area contributed by atoms with Gasteiger partial charge in [0.05, 0.1) is 17.2 Å². The van der Waals surface area contributed by atoms with Gasteiger partial charge in [-0.05, 0) is 44.4 Å². The summed E-state index contributed by atoms with van der Waals surface area (Å²) >= 11 is 0. The SMILES string of the molecule is Cc1ccc(-n2nc(C(=O)NC3CCS(=O)(=O)C3)cc2C2CC2)cc1. The van der Waals surface area contributed by atoms with Gasteiger partial charge < -0.3 is 5.32 Å². The summed E-state index contributed by atoms with van der Waals surface area (Å²) in [6.07, 6.45) is 2.70. The first kappa shape index (κ1) is 16.3. The van der Waals surface area contributed by atoms with Crippen LogP contribution in [-0.4, -0.2) is 41.7 Å². The number of benzene rings is 1. The van der Waals surface area contributed by atoms with Crippen molar-refractivity contribution in [1.29, 1.82) is 0 Å². The summed E-state index contributed by atoms with van der Waals surface area (Å²) in [7, 11) is -3.02. The minimum atomic E-state index is -3.02. The van der Waals surface area contributed by atoms with Crippen LogP contribution in [0, 0.1) is 6.92 Å². The molecule has 6 nitrogen and oxygen atoms in total. The molecule has 1 amide bonds. The van der Waals surface area contributed by atoms with Gasteiger partial charge in [0, 0.05) is 17.7 Å². The number of hydrogen-bond acceptors (Lipinski definition) is 4. The Bertz CT molecular complexity index is 912. The molecule has 132 valence electrons. The monoisotopic (exact) mass is 359 g/mol. The van der Waals surface area contributed by atoms with E-state index in [-0.39, 0.29) is 23.5 Å². The summed E-state index contributed by atoms with van der Waals surface area (Å²) in [5.41, 5.74) is 3.51. The molecule has 0 bridgehead atoms. The van der Waals surface area contributed by atoms with Gasteiger partial charge in [0.2, 0.25) is 0 Å². The molecule has 0 spiro atoms. The van der Waals surface area contributed by atoms with Gasteiger partial charge in [-0.15, -0.1) is 0 Å². The van der Waals surface area contributed by atoms with Gasteiger partial charge in [-0.2, -0.15) is 5.10 Å². The van der Waals surface area contributed by atoms with E-state index in [0.717, 1.165) is 24.2 Å². The maximum absolute atomic E-state index is 12.5. The lowest BCUT2D eigenvalue weighted by molar-refractivity contribution is 0.0935. The Morgan fingerprint density at radius 2 is 1.92 bits per heavy atom. The standard InChI is InChI=1S/C18H21N3O3S/c1-12-2-6-15(7-3-12)21-17(13-4-5-13)10-16(20-21)18(22)19-14-8-9-25(23,24)11-14/h2-3,6-7,10,13-14H,4-5,8-9,11H2,1H3,(H,19,22). The first-order chi connectivity index (χ1) is 11.9. The maximum atomic E-state index is 12.5. The molecule has 1 atom stereocenters. The van der Waals surface area contributed by atoms with Gasteiger partial charge in [-0.3, -0.25) is 4.79 Å². The highest BCUT2D eigenvalue weighted by Crippen LogP contribution is 2.41. The van der Waals surface area contributed by atoms with Gasteiger partial charge in [0.25, 0.3) is 5.91 Å². The van der Waals surface area contributed by atoms with Crippen molar-refractivity contribution >= 4 is 15.7 Å². The zero-order chi connectivity index (χ0) is 17.6. The van der Waals surface area contributed by atoms with Crippen LogP contribution in [0.15, 0.2) is 30.3 Å². The predicted octanol–water partition coefficient (Wildman–Crippen LogP) is 1.98. The zero-order valence-electron chi connectivity index (χ0n) is 14.1. The molecule has 2 heterocycles. The molecule has 1 saturated carbocycles. The van der Waals surface area contributed by atoms with E-state index in [4.69, 9.17) is 0 Å². The number of aromatic nitrogens is 2. The van der Waals surface area contributed by atoms with Crippen LogP contribution in [0.5, 0.6) is 0 Å². The molecule has 1 aromatic carbocycles. The highest BCUT2D eigenvalue weighted by atomic mass is 32.2. The van der Waals surface area contributed by atoms with Crippen molar-refractivity contribution in [2.75, 3.05) is 11.5 Å². The summed E-state index contributed by atoms with van der Waals surface area (Å²) < 4.78 is 25.0. The molecule has 2 aromatic rings. The Kier molecular flexibility index (Phi) is 3.91. The van der Waals surface area contributed by atoms with Crippen LogP contribution < -0.4 is 5.32 Å². The van der Waals surface area contributed by atoms with E-state index in [0.29, 0.717) is 18.0 Å². The molecule has 7 heteroatoms. The molecular weight excluding hydrogens is 338 g/mol. The second-order valence-electron chi connectivity index (χ2n) is 7.05. The smallest absolute Gasteiger partial charge is 0.272 e. The number of carbonyl (C=O) groups is 1. The van der Waals surface area contributed by atoms with Crippen molar-refractivity contribution in [2.24, 2.45) is 0 Å². The van der Waals surface area contributed by atoms with Crippen molar-refractivity contribution in [3.63, 3.8) is 0 Å².